The van der Waals surface area contributed by atoms with Crippen LogP contribution >= 0.6 is 11.3 Å². The summed E-state index contributed by atoms with van der Waals surface area (Å²) in [5.74, 6) is -1.87. The summed E-state index contributed by atoms with van der Waals surface area (Å²) >= 11 is 0.903. The fourth-order valence-electron chi connectivity index (χ4n) is 3.13. The van der Waals surface area contributed by atoms with Crippen molar-refractivity contribution < 1.29 is 28.8 Å². The summed E-state index contributed by atoms with van der Waals surface area (Å²) in [5, 5.41) is 18.2. The van der Waals surface area contributed by atoms with Gasteiger partial charge >= 0.3 is 17.6 Å². The number of hydrogen-bond donors (Lipinski definition) is 1. The molecule has 12 heteroatoms. The van der Waals surface area contributed by atoms with Gasteiger partial charge in [-0.3, -0.25) is 19.6 Å². The molecule has 2 heterocycles. The van der Waals surface area contributed by atoms with Crippen molar-refractivity contribution >= 4 is 39.9 Å². The summed E-state index contributed by atoms with van der Waals surface area (Å²) in [6, 6.07) is -0.926. The van der Waals surface area contributed by atoms with Gasteiger partial charge in [0.1, 0.15) is 27.3 Å². The fraction of sp³-hybridized carbons (Fsp3) is 0.500. The van der Waals surface area contributed by atoms with E-state index in [1.807, 2.05) is 0 Å². The zero-order chi connectivity index (χ0) is 24.3. The Morgan fingerprint density at radius 2 is 1.81 bits per heavy atom. The molecular formula is C20H26N4O7S. The van der Waals surface area contributed by atoms with Crippen LogP contribution in [0, 0.1) is 30.9 Å². The third kappa shape index (κ3) is 4.96. The number of nitrogens with zero attached hydrogens (tertiary/aromatic N) is 3. The number of carbonyl (C=O) groups excluding carboxylic acids is 3. The van der Waals surface area contributed by atoms with Crippen molar-refractivity contribution in [3.8, 4) is 0 Å². The topological polar surface area (TPSA) is 143 Å². The summed E-state index contributed by atoms with van der Waals surface area (Å²) in [6.07, 6.45) is -0.412. The molecule has 1 unspecified atom stereocenters. The van der Waals surface area contributed by atoms with Gasteiger partial charge in [0.25, 0.3) is 0 Å². The first-order valence-electron chi connectivity index (χ1n) is 9.93. The van der Waals surface area contributed by atoms with E-state index in [1.165, 1.54) is 25.5 Å². The van der Waals surface area contributed by atoms with Crippen molar-refractivity contribution in [2.24, 2.45) is 0 Å². The molecule has 1 N–H and O–H groups in total. The quantitative estimate of drug-likeness (QED) is 0.352. The van der Waals surface area contributed by atoms with Crippen LogP contribution in [0.2, 0.25) is 0 Å². The monoisotopic (exact) mass is 466 g/mol. The van der Waals surface area contributed by atoms with Gasteiger partial charge in [-0.25, -0.2) is 9.59 Å². The highest BCUT2D eigenvalue weighted by Crippen LogP contribution is 2.35. The van der Waals surface area contributed by atoms with Crippen LogP contribution < -0.4 is 5.32 Å². The van der Waals surface area contributed by atoms with Crippen LogP contribution in [0.15, 0.2) is 0 Å². The number of nitrogens with one attached hydrogen (secondary N) is 1. The lowest BCUT2D eigenvalue weighted by Crippen LogP contribution is -2.26. The van der Waals surface area contributed by atoms with Crippen LogP contribution in [0.5, 0.6) is 0 Å². The van der Waals surface area contributed by atoms with Crippen molar-refractivity contribution in [3.63, 3.8) is 0 Å². The van der Waals surface area contributed by atoms with Crippen LogP contribution in [0.1, 0.15) is 70.7 Å². The number of amides is 1. The molecule has 0 saturated heterocycles. The number of thiophene rings is 1. The van der Waals surface area contributed by atoms with Crippen LogP contribution in [0.4, 0.5) is 10.7 Å². The molecule has 0 aliphatic heterocycles. The van der Waals surface area contributed by atoms with Gasteiger partial charge in [0.05, 0.1) is 23.2 Å². The number of aromatic nitrogens is 2. The average Bonchev–Trinajstić information content (AvgIpc) is 3.16. The standard InChI is InChI=1S/C20H26N4O7S/c1-8-30-20(27)16-10(4)14(19(26)31-9(2)3)18(32-16)21-17(25)13(7)23-12(6)15(24(28)29)11(5)22-23/h9,13H,8H2,1-7H3,(H,21,25). The Bertz CT molecular complexity index is 1070. The van der Waals surface area contributed by atoms with E-state index in [9.17, 15) is 24.5 Å². The molecular weight excluding hydrogens is 440 g/mol. The Labute approximate surface area is 188 Å². The Hall–Kier alpha value is -3.28. The van der Waals surface area contributed by atoms with E-state index in [-0.39, 0.29) is 39.1 Å². The van der Waals surface area contributed by atoms with Crippen molar-refractivity contribution in [1.82, 2.24) is 9.78 Å². The first-order valence-corrected chi connectivity index (χ1v) is 10.7. The Morgan fingerprint density at radius 3 is 2.31 bits per heavy atom. The van der Waals surface area contributed by atoms with E-state index < -0.39 is 34.9 Å². The molecule has 2 rings (SSSR count). The molecule has 0 aliphatic carbocycles. The lowest BCUT2D eigenvalue weighted by molar-refractivity contribution is -0.386. The van der Waals surface area contributed by atoms with Gasteiger partial charge in [0.15, 0.2) is 0 Å². The number of hydrogen-bond acceptors (Lipinski definition) is 9. The van der Waals surface area contributed by atoms with Crippen LogP contribution in [-0.4, -0.2) is 45.3 Å². The molecule has 174 valence electrons. The highest BCUT2D eigenvalue weighted by molar-refractivity contribution is 7.18. The van der Waals surface area contributed by atoms with E-state index in [1.54, 1.807) is 27.7 Å². The second kappa shape index (κ2) is 9.90. The van der Waals surface area contributed by atoms with Gasteiger partial charge in [-0.15, -0.1) is 11.3 Å². The van der Waals surface area contributed by atoms with Crippen LogP contribution in [-0.2, 0) is 14.3 Å². The Kier molecular flexibility index (Phi) is 7.73. The van der Waals surface area contributed by atoms with Crippen LogP contribution in [0.3, 0.4) is 0 Å². The van der Waals surface area contributed by atoms with Crippen molar-refractivity contribution in [2.75, 3.05) is 11.9 Å². The minimum absolute atomic E-state index is 0.0617. The minimum atomic E-state index is -0.926. The number of anilines is 1. The van der Waals surface area contributed by atoms with Crippen molar-refractivity contribution in [1.29, 1.82) is 0 Å². The molecule has 1 amide bonds. The number of carbonyl (C=O) groups is 3. The highest BCUT2D eigenvalue weighted by Gasteiger charge is 2.31. The summed E-state index contributed by atoms with van der Waals surface area (Å²) in [7, 11) is 0. The summed E-state index contributed by atoms with van der Waals surface area (Å²) in [5.41, 5.74) is 0.645. The predicted octanol–water partition coefficient (Wildman–Crippen LogP) is 3.72. The molecule has 0 aromatic carbocycles. The van der Waals surface area contributed by atoms with E-state index in [2.05, 4.69) is 10.4 Å². The SMILES string of the molecule is CCOC(=O)c1sc(NC(=O)C(C)n2nc(C)c([N+](=O)[O-])c2C)c(C(=O)OC(C)C)c1C. The summed E-state index contributed by atoms with van der Waals surface area (Å²) in [4.78, 5) is 48.8. The molecule has 2 aromatic rings. The summed E-state index contributed by atoms with van der Waals surface area (Å²) < 4.78 is 11.6. The molecule has 32 heavy (non-hydrogen) atoms. The number of ether oxygens (including phenoxy) is 2. The largest absolute Gasteiger partial charge is 0.462 e. The van der Waals surface area contributed by atoms with Crippen molar-refractivity contribution in [2.45, 2.75) is 60.6 Å². The molecule has 0 radical (unpaired) electrons. The normalized spacial score (nSPS) is 11.9. The van der Waals surface area contributed by atoms with Gasteiger partial charge < -0.3 is 14.8 Å². The lowest BCUT2D eigenvalue weighted by atomic mass is 10.1. The summed E-state index contributed by atoms with van der Waals surface area (Å²) in [6.45, 7) is 11.3. The first kappa shape index (κ1) is 25.0. The molecule has 0 aliphatic rings. The molecule has 0 saturated carbocycles. The van der Waals surface area contributed by atoms with Gasteiger partial charge in [0.2, 0.25) is 5.91 Å². The second-order valence-electron chi connectivity index (χ2n) is 7.32. The highest BCUT2D eigenvalue weighted by atomic mass is 32.1. The lowest BCUT2D eigenvalue weighted by Gasteiger charge is -2.15. The van der Waals surface area contributed by atoms with Gasteiger partial charge in [-0.05, 0) is 54.0 Å². The number of nitro groups is 1. The number of esters is 2. The molecule has 0 bridgehead atoms. The molecule has 0 fully saturated rings. The number of aryl methyl sites for hydroxylation is 1. The maximum Gasteiger partial charge on any atom is 0.348 e. The first-order chi connectivity index (χ1) is 14.9. The zero-order valence-corrected chi connectivity index (χ0v) is 19.8. The van der Waals surface area contributed by atoms with Crippen LogP contribution in [0.25, 0.3) is 0 Å². The van der Waals surface area contributed by atoms with Gasteiger partial charge in [0, 0.05) is 0 Å². The van der Waals surface area contributed by atoms with Crippen molar-refractivity contribution in [3.05, 3.63) is 37.5 Å². The maximum atomic E-state index is 13.0. The zero-order valence-electron chi connectivity index (χ0n) is 19.0. The van der Waals surface area contributed by atoms with Gasteiger partial charge in [-0.2, -0.15) is 5.10 Å². The fourth-order valence-corrected chi connectivity index (χ4v) is 4.23. The maximum absolute atomic E-state index is 13.0. The third-order valence-electron chi connectivity index (χ3n) is 4.61. The smallest absolute Gasteiger partial charge is 0.348 e. The molecule has 11 nitrogen and oxygen atoms in total. The predicted molar refractivity (Wildman–Crippen MR) is 117 cm³/mol. The average molecular weight is 467 g/mol. The third-order valence-corrected chi connectivity index (χ3v) is 5.79. The molecule has 1 atom stereocenters. The molecule has 0 spiro atoms. The van der Waals surface area contributed by atoms with E-state index in [0.29, 0.717) is 5.56 Å². The minimum Gasteiger partial charge on any atom is -0.462 e. The number of rotatable bonds is 8. The van der Waals surface area contributed by atoms with E-state index >= 15 is 0 Å². The molecule has 2 aromatic heterocycles. The van der Waals surface area contributed by atoms with E-state index in [4.69, 9.17) is 9.47 Å². The van der Waals surface area contributed by atoms with E-state index in [0.717, 1.165) is 11.3 Å². The van der Waals surface area contributed by atoms with Gasteiger partial charge in [-0.1, -0.05) is 0 Å². The second-order valence-corrected chi connectivity index (χ2v) is 8.34. The Morgan fingerprint density at radius 1 is 1.19 bits per heavy atom. The Balaban J connectivity index is 2.44.